The van der Waals surface area contributed by atoms with Crippen molar-refractivity contribution in [3.05, 3.63) is 22.4 Å². The number of nitrogens with zero attached hydrogens (tertiary/aromatic N) is 1. The maximum atomic E-state index is 11.6. The Balaban J connectivity index is 1.87. The van der Waals surface area contributed by atoms with Gasteiger partial charge in [-0.05, 0) is 25.0 Å². The highest BCUT2D eigenvalue weighted by Gasteiger charge is 2.24. The third-order valence-corrected chi connectivity index (χ3v) is 2.85. The van der Waals surface area contributed by atoms with Crippen LogP contribution in [0.15, 0.2) is 12.1 Å². The molecule has 5 nitrogen and oxygen atoms in total. The minimum atomic E-state index is -0.431. The molecule has 1 aromatic rings. The number of hydrogen-bond donors (Lipinski definition) is 2. The van der Waals surface area contributed by atoms with Crippen molar-refractivity contribution in [2.45, 2.75) is 25.3 Å². The van der Waals surface area contributed by atoms with Crippen molar-refractivity contribution < 1.29 is 9.59 Å². The first kappa shape index (κ1) is 13.1. The number of halogens is 2. The fourth-order valence-corrected chi connectivity index (χ4v) is 1.74. The first-order chi connectivity index (χ1) is 8.54. The van der Waals surface area contributed by atoms with Crippen molar-refractivity contribution in [3.8, 4) is 0 Å². The molecule has 0 atom stereocenters. The van der Waals surface area contributed by atoms with E-state index in [0.717, 1.165) is 12.8 Å². The number of aromatic nitrogens is 1. The molecule has 0 radical (unpaired) electrons. The Bertz CT molecular complexity index is 489. The highest BCUT2D eigenvalue weighted by atomic mass is 35.5. The number of amides is 2. The van der Waals surface area contributed by atoms with Crippen LogP contribution in [0.5, 0.6) is 0 Å². The van der Waals surface area contributed by atoms with Crippen LogP contribution in [0.2, 0.25) is 10.3 Å². The monoisotopic (exact) mass is 287 g/mol. The smallest absolute Gasteiger partial charge is 0.233 e. The second kappa shape index (κ2) is 5.54. The van der Waals surface area contributed by atoms with Gasteiger partial charge in [0.25, 0.3) is 0 Å². The van der Waals surface area contributed by atoms with Gasteiger partial charge in [-0.15, -0.1) is 0 Å². The van der Waals surface area contributed by atoms with Crippen LogP contribution in [0.1, 0.15) is 19.3 Å². The van der Waals surface area contributed by atoms with Gasteiger partial charge in [-0.25, -0.2) is 4.98 Å². The van der Waals surface area contributed by atoms with Crippen LogP contribution in [0, 0.1) is 0 Å². The molecule has 1 aliphatic rings. The minimum Gasteiger partial charge on any atom is -0.353 e. The third-order valence-electron chi connectivity index (χ3n) is 2.35. The molecule has 1 fully saturated rings. The topological polar surface area (TPSA) is 71.1 Å². The van der Waals surface area contributed by atoms with E-state index in [1.165, 1.54) is 12.1 Å². The summed E-state index contributed by atoms with van der Waals surface area (Å²) in [7, 11) is 0. The Morgan fingerprint density at radius 2 is 2.00 bits per heavy atom. The van der Waals surface area contributed by atoms with E-state index in [2.05, 4.69) is 15.6 Å². The van der Waals surface area contributed by atoms with E-state index in [1.54, 1.807) is 0 Å². The zero-order chi connectivity index (χ0) is 13.1. The van der Waals surface area contributed by atoms with Gasteiger partial charge in [-0.1, -0.05) is 23.2 Å². The van der Waals surface area contributed by atoms with Gasteiger partial charge < -0.3 is 10.6 Å². The number of carbonyl (C=O) groups excluding carboxylic acids is 2. The van der Waals surface area contributed by atoms with E-state index in [-0.39, 0.29) is 28.7 Å². The van der Waals surface area contributed by atoms with Gasteiger partial charge in [0.1, 0.15) is 11.6 Å². The lowest BCUT2D eigenvalue weighted by Crippen LogP contribution is -2.29. The van der Waals surface area contributed by atoms with Crippen LogP contribution in [-0.4, -0.2) is 22.8 Å². The van der Waals surface area contributed by atoms with E-state index in [0.29, 0.717) is 5.69 Å². The summed E-state index contributed by atoms with van der Waals surface area (Å²) < 4.78 is 0. The van der Waals surface area contributed by atoms with Crippen LogP contribution in [0.25, 0.3) is 0 Å². The molecule has 2 rings (SSSR count). The molecule has 1 aromatic heterocycles. The van der Waals surface area contributed by atoms with Gasteiger partial charge in [0, 0.05) is 6.04 Å². The van der Waals surface area contributed by atoms with Gasteiger partial charge >= 0.3 is 0 Å². The summed E-state index contributed by atoms with van der Waals surface area (Å²) >= 11 is 11.4. The molecule has 1 heterocycles. The molecule has 0 bridgehead atoms. The Morgan fingerprint density at radius 1 is 1.28 bits per heavy atom. The zero-order valence-electron chi connectivity index (χ0n) is 9.37. The highest BCUT2D eigenvalue weighted by Crippen LogP contribution is 2.22. The van der Waals surface area contributed by atoms with Crippen molar-refractivity contribution in [2.24, 2.45) is 0 Å². The molecule has 0 saturated heterocycles. The Kier molecular flexibility index (Phi) is 4.04. The first-order valence-electron chi connectivity index (χ1n) is 5.46. The molecule has 0 unspecified atom stereocenters. The standard InChI is InChI=1S/C11H11Cl2N3O2/c12-8-4-3-7(11(13)16-8)15-10(18)5-9(17)14-6-1-2-6/h3-4,6H,1-2,5H2,(H,14,17)(H,15,18). The number of hydrogen-bond acceptors (Lipinski definition) is 3. The first-order valence-corrected chi connectivity index (χ1v) is 6.21. The SMILES string of the molecule is O=C(CC(=O)NC1CC1)Nc1ccc(Cl)nc1Cl. The van der Waals surface area contributed by atoms with E-state index < -0.39 is 5.91 Å². The van der Waals surface area contributed by atoms with E-state index in [4.69, 9.17) is 23.2 Å². The summed E-state index contributed by atoms with van der Waals surface area (Å²) in [6.45, 7) is 0. The van der Waals surface area contributed by atoms with Crippen LogP contribution in [-0.2, 0) is 9.59 Å². The average Bonchev–Trinajstić information content (AvgIpc) is 3.05. The number of carbonyl (C=O) groups is 2. The number of anilines is 1. The normalized spacial score (nSPS) is 14.1. The summed E-state index contributed by atoms with van der Waals surface area (Å²) in [5.41, 5.74) is 0.338. The summed E-state index contributed by atoms with van der Waals surface area (Å²) in [6.07, 6.45) is 1.75. The van der Waals surface area contributed by atoms with Crippen molar-refractivity contribution in [1.82, 2.24) is 10.3 Å². The molecule has 2 amide bonds. The van der Waals surface area contributed by atoms with Crippen LogP contribution in [0.3, 0.4) is 0 Å². The molecule has 96 valence electrons. The van der Waals surface area contributed by atoms with Crippen molar-refractivity contribution in [3.63, 3.8) is 0 Å². The van der Waals surface area contributed by atoms with Gasteiger partial charge in [0.15, 0.2) is 5.15 Å². The molecule has 1 aliphatic carbocycles. The van der Waals surface area contributed by atoms with Crippen molar-refractivity contribution in [2.75, 3.05) is 5.32 Å². The summed E-state index contributed by atoms with van der Waals surface area (Å²) in [4.78, 5) is 26.7. The lowest BCUT2D eigenvalue weighted by Gasteiger charge is -2.07. The average molecular weight is 288 g/mol. The molecule has 0 spiro atoms. The molecule has 0 aromatic carbocycles. The predicted molar refractivity (Wildman–Crippen MR) is 68.7 cm³/mol. The highest BCUT2D eigenvalue weighted by molar-refractivity contribution is 6.34. The second-order valence-electron chi connectivity index (χ2n) is 4.04. The zero-order valence-corrected chi connectivity index (χ0v) is 10.9. The quantitative estimate of drug-likeness (QED) is 0.657. The summed E-state index contributed by atoms with van der Waals surface area (Å²) in [6, 6.07) is 3.29. The second-order valence-corrected chi connectivity index (χ2v) is 4.78. The molecule has 18 heavy (non-hydrogen) atoms. The molecule has 7 heteroatoms. The van der Waals surface area contributed by atoms with Crippen molar-refractivity contribution in [1.29, 1.82) is 0 Å². The summed E-state index contributed by atoms with van der Waals surface area (Å²) in [5, 5.41) is 5.57. The fraction of sp³-hybridized carbons (Fsp3) is 0.364. The number of rotatable bonds is 4. The van der Waals surface area contributed by atoms with Crippen LogP contribution in [0.4, 0.5) is 5.69 Å². The van der Waals surface area contributed by atoms with Gasteiger partial charge in [-0.3, -0.25) is 9.59 Å². The minimum absolute atomic E-state index is 0.0958. The Morgan fingerprint density at radius 3 is 2.61 bits per heavy atom. The van der Waals surface area contributed by atoms with Gasteiger partial charge in [0.2, 0.25) is 11.8 Å². The largest absolute Gasteiger partial charge is 0.353 e. The Hall–Kier alpha value is -1.33. The third kappa shape index (κ3) is 3.85. The van der Waals surface area contributed by atoms with E-state index in [1.807, 2.05) is 0 Å². The lowest BCUT2D eigenvalue weighted by molar-refractivity contribution is -0.126. The predicted octanol–water partition coefficient (Wildman–Crippen LogP) is 2.00. The molecular weight excluding hydrogens is 277 g/mol. The molecular formula is C11H11Cl2N3O2. The number of pyridine rings is 1. The maximum Gasteiger partial charge on any atom is 0.233 e. The van der Waals surface area contributed by atoms with Crippen LogP contribution >= 0.6 is 23.2 Å². The van der Waals surface area contributed by atoms with Crippen LogP contribution < -0.4 is 10.6 Å². The molecule has 2 N–H and O–H groups in total. The maximum absolute atomic E-state index is 11.6. The molecule has 0 aliphatic heterocycles. The van der Waals surface area contributed by atoms with Gasteiger partial charge in [0.05, 0.1) is 5.69 Å². The lowest BCUT2D eigenvalue weighted by atomic mass is 10.3. The van der Waals surface area contributed by atoms with Crippen molar-refractivity contribution >= 4 is 40.7 Å². The Labute approximate surface area is 114 Å². The molecule has 1 saturated carbocycles. The van der Waals surface area contributed by atoms with Gasteiger partial charge in [-0.2, -0.15) is 0 Å². The number of nitrogens with one attached hydrogen (secondary N) is 2. The summed E-state index contributed by atoms with van der Waals surface area (Å²) in [5.74, 6) is -0.716. The van der Waals surface area contributed by atoms with E-state index >= 15 is 0 Å². The fourth-order valence-electron chi connectivity index (χ4n) is 1.35. The van der Waals surface area contributed by atoms with E-state index in [9.17, 15) is 9.59 Å².